The summed E-state index contributed by atoms with van der Waals surface area (Å²) in [5, 5.41) is 11.5. The lowest BCUT2D eigenvalue weighted by molar-refractivity contribution is -0.140. The second kappa shape index (κ2) is 9.41. The molecule has 0 fully saturated rings. The van der Waals surface area contributed by atoms with Gasteiger partial charge in [-0.25, -0.2) is 4.79 Å². The Bertz CT molecular complexity index is 575. The van der Waals surface area contributed by atoms with Gasteiger partial charge in [-0.15, -0.1) is 6.58 Å². The number of carbonyl (C=O) groups is 2. The molecular weight excluding hydrogens is 318 g/mol. The van der Waals surface area contributed by atoms with Crippen molar-refractivity contribution in [3.8, 4) is 17.2 Å². The maximum atomic E-state index is 12.3. The maximum Gasteiger partial charge on any atom is 0.328 e. The van der Waals surface area contributed by atoms with Crippen molar-refractivity contribution >= 4 is 11.9 Å². The standard InChI is InChI=1S/C16H21NO7/c1-5-6-24-9-11(16(19)20)17-15(18)10-7-12(21-2)14(23-4)13(8-10)22-3/h5,7-8,11H,1,6,9H2,2-4H3,(H,17,18)(H,19,20). The molecule has 1 aromatic rings. The SMILES string of the molecule is C=CCOCC(NC(=O)c1cc(OC)c(OC)c(OC)c1)C(=O)O. The van der Waals surface area contributed by atoms with Gasteiger partial charge in [0.1, 0.15) is 0 Å². The van der Waals surface area contributed by atoms with Crippen molar-refractivity contribution < 1.29 is 33.6 Å². The van der Waals surface area contributed by atoms with Gasteiger partial charge in [0, 0.05) is 5.56 Å². The average Bonchev–Trinajstić information content (AvgIpc) is 2.59. The topological polar surface area (TPSA) is 103 Å². The number of benzene rings is 1. The summed E-state index contributed by atoms with van der Waals surface area (Å²) in [5.41, 5.74) is 0.166. The lowest BCUT2D eigenvalue weighted by atomic mass is 10.1. The van der Waals surface area contributed by atoms with E-state index in [1.54, 1.807) is 0 Å². The van der Waals surface area contributed by atoms with Crippen LogP contribution in [0.25, 0.3) is 0 Å². The van der Waals surface area contributed by atoms with Crippen LogP contribution in [0.3, 0.4) is 0 Å². The van der Waals surface area contributed by atoms with E-state index in [9.17, 15) is 9.59 Å². The van der Waals surface area contributed by atoms with Gasteiger partial charge in [-0.05, 0) is 12.1 Å². The van der Waals surface area contributed by atoms with Crippen LogP contribution in [0.4, 0.5) is 0 Å². The second-order valence-electron chi connectivity index (χ2n) is 4.60. The van der Waals surface area contributed by atoms with Crippen molar-refractivity contribution in [2.45, 2.75) is 6.04 Å². The van der Waals surface area contributed by atoms with Gasteiger partial charge in [0.05, 0.1) is 34.5 Å². The number of carbonyl (C=O) groups excluding carboxylic acids is 1. The number of aliphatic carboxylic acids is 1. The maximum absolute atomic E-state index is 12.3. The molecule has 0 aliphatic heterocycles. The van der Waals surface area contributed by atoms with Gasteiger partial charge in [0.2, 0.25) is 5.75 Å². The number of hydrogen-bond donors (Lipinski definition) is 2. The third-order valence-electron chi connectivity index (χ3n) is 3.05. The van der Waals surface area contributed by atoms with E-state index < -0.39 is 17.9 Å². The highest BCUT2D eigenvalue weighted by Gasteiger charge is 2.23. The van der Waals surface area contributed by atoms with Gasteiger partial charge >= 0.3 is 5.97 Å². The van der Waals surface area contributed by atoms with Gasteiger partial charge in [-0.2, -0.15) is 0 Å². The van der Waals surface area contributed by atoms with E-state index in [2.05, 4.69) is 11.9 Å². The van der Waals surface area contributed by atoms with E-state index in [-0.39, 0.29) is 30.3 Å². The molecule has 0 radical (unpaired) electrons. The molecule has 1 aromatic carbocycles. The van der Waals surface area contributed by atoms with Gasteiger partial charge in [0.15, 0.2) is 17.5 Å². The summed E-state index contributed by atoms with van der Waals surface area (Å²) < 4.78 is 20.6. The van der Waals surface area contributed by atoms with Crippen molar-refractivity contribution in [1.82, 2.24) is 5.32 Å². The number of carboxylic acid groups (broad SMARTS) is 1. The number of hydrogen-bond acceptors (Lipinski definition) is 6. The number of rotatable bonds is 10. The largest absolute Gasteiger partial charge is 0.493 e. The van der Waals surface area contributed by atoms with Gasteiger partial charge < -0.3 is 29.4 Å². The molecule has 0 spiro atoms. The molecule has 1 rings (SSSR count). The smallest absolute Gasteiger partial charge is 0.328 e. The summed E-state index contributed by atoms with van der Waals surface area (Å²) in [6, 6.07) is 1.66. The highest BCUT2D eigenvalue weighted by molar-refractivity contribution is 5.97. The zero-order chi connectivity index (χ0) is 18.1. The first-order chi connectivity index (χ1) is 11.5. The van der Waals surface area contributed by atoms with E-state index >= 15 is 0 Å². The normalized spacial score (nSPS) is 11.3. The van der Waals surface area contributed by atoms with Crippen molar-refractivity contribution in [3.63, 3.8) is 0 Å². The first kappa shape index (κ1) is 19.3. The Labute approximate surface area is 140 Å². The van der Waals surface area contributed by atoms with Crippen molar-refractivity contribution in [2.24, 2.45) is 0 Å². The van der Waals surface area contributed by atoms with Crippen LogP contribution in [-0.2, 0) is 9.53 Å². The molecule has 1 atom stereocenters. The summed E-state index contributed by atoms with van der Waals surface area (Å²) >= 11 is 0. The second-order valence-corrected chi connectivity index (χ2v) is 4.60. The molecule has 0 aliphatic rings. The molecule has 0 aromatic heterocycles. The highest BCUT2D eigenvalue weighted by atomic mass is 16.5. The fourth-order valence-electron chi connectivity index (χ4n) is 1.90. The highest BCUT2D eigenvalue weighted by Crippen LogP contribution is 2.38. The minimum atomic E-state index is -1.21. The van der Waals surface area contributed by atoms with Crippen LogP contribution in [0.5, 0.6) is 17.2 Å². The van der Waals surface area contributed by atoms with E-state index in [1.165, 1.54) is 39.5 Å². The predicted octanol–water partition coefficient (Wildman–Crippen LogP) is 1.10. The molecule has 1 amide bonds. The minimum Gasteiger partial charge on any atom is -0.493 e. The Kier molecular flexibility index (Phi) is 7.57. The van der Waals surface area contributed by atoms with Gasteiger partial charge in [-0.3, -0.25) is 4.79 Å². The zero-order valence-corrected chi connectivity index (χ0v) is 13.8. The Hall–Kier alpha value is -2.74. The Balaban J connectivity index is 3.00. The van der Waals surface area contributed by atoms with Crippen molar-refractivity contribution in [1.29, 1.82) is 0 Å². The molecule has 8 heteroatoms. The van der Waals surface area contributed by atoms with Crippen LogP contribution in [0.2, 0.25) is 0 Å². The number of carboxylic acids is 1. The monoisotopic (exact) mass is 339 g/mol. The van der Waals surface area contributed by atoms with Crippen molar-refractivity contribution in [2.75, 3.05) is 34.5 Å². The quantitative estimate of drug-likeness (QED) is 0.486. The van der Waals surface area contributed by atoms with E-state index in [4.69, 9.17) is 24.1 Å². The summed E-state index contributed by atoms with van der Waals surface area (Å²) in [6.45, 7) is 3.47. The molecule has 2 N–H and O–H groups in total. The van der Waals surface area contributed by atoms with Gasteiger partial charge in [0.25, 0.3) is 5.91 Å². The first-order valence-electron chi connectivity index (χ1n) is 7.00. The fraction of sp³-hybridized carbons (Fsp3) is 0.375. The van der Waals surface area contributed by atoms with E-state index in [0.29, 0.717) is 5.75 Å². The van der Waals surface area contributed by atoms with E-state index in [1.807, 2.05) is 0 Å². The Morgan fingerprint density at radius 1 is 1.21 bits per heavy atom. The Morgan fingerprint density at radius 3 is 2.21 bits per heavy atom. The third-order valence-corrected chi connectivity index (χ3v) is 3.05. The summed E-state index contributed by atoms with van der Waals surface area (Å²) in [4.78, 5) is 23.5. The van der Waals surface area contributed by atoms with Crippen LogP contribution in [0.1, 0.15) is 10.4 Å². The molecule has 1 unspecified atom stereocenters. The lowest BCUT2D eigenvalue weighted by Crippen LogP contribution is -2.44. The molecule has 132 valence electrons. The molecule has 0 heterocycles. The summed E-state index contributed by atoms with van der Waals surface area (Å²) in [5.74, 6) is -0.905. The van der Waals surface area contributed by atoms with Crippen LogP contribution in [-0.4, -0.2) is 57.6 Å². The van der Waals surface area contributed by atoms with Crippen LogP contribution in [0, 0.1) is 0 Å². The first-order valence-corrected chi connectivity index (χ1v) is 7.00. The molecule has 0 aliphatic carbocycles. The van der Waals surface area contributed by atoms with Crippen LogP contribution >= 0.6 is 0 Å². The summed E-state index contributed by atoms with van der Waals surface area (Å²) in [6.07, 6.45) is 1.49. The molecule has 8 nitrogen and oxygen atoms in total. The Morgan fingerprint density at radius 2 is 1.79 bits per heavy atom. The van der Waals surface area contributed by atoms with Crippen LogP contribution in [0.15, 0.2) is 24.8 Å². The third kappa shape index (κ3) is 4.88. The predicted molar refractivity (Wildman–Crippen MR) is 86.0 cm³/mol. The number of ether oxygens (including phenoxy) is 4. The van der Waals surface area contributed by atoms with E-state index in [0.717, 1.165) is 0 Å². The lowest BCUT2D eigenvalue weighted by Gasteiger charge is -2.16. The fourth-order valence-corrected chi connectivity index (χ4v) is 1.90. The molecule has 0 bridgehead atoms. The minimum absolute atomic E-state index is 0.166. The zero-order valence-electron chi connectivity index (χ0n) is 13.8. The number of nitrogens with one attached hydrogen (secondary N) is 1. The average molecular weight is 339 g/mol. The van der Waals surface area contributed by atoms with Gasteiger partial charge in [-0.1, -0.05) is 6.08 Å². The van der Waals surface area contributed by atoms with Crippen molar-refractivity contribution in [3.05, 3.63) is 30.4 Å². The molecule has 24 heavy (non-hydrogen) atoms. The number of methoxy groups -OCH3 is 3. The molecule has 0 saturated carbocycles. The molecule has 0 saturated heterocycles. The van der Waals surface area contributed by atoms with Crippen LogP contribution < -0.4 is 19.5 Å². The summed E-state index contributed by atoms with van der Waals surface area (Å²) in [7, 11) is 4.28. The number of amides is 1. The molecular formula is C16H21NO7.